The number of ether oxygens (including phenoxy) is 4. The summed E-state index contributed by atoms with van der Waals surface area (Å²) in [4.78, 5) is 42.6. The van der Waals surface area contributed by atoms with E-state index in [0.717, 1.165) is 13.1 Å². The number of rotatable bonds is 4. The molecule has 1 fully saturated rings. The lowest BCUT2D eigenvalue weighted by atomic mass is 9.78. The number of aliphatic hydroxyl groups excluding tert-OH is 2. The normalized spacial score (nSPS) is 30.6. The van der Waals surface area contributed by atoms with Crippen molar-refractivity contribution in [3.63, 3.8) is 0 Å². The minimum atomic E-state index is -2.04. The van der Waals surface area contributed by atoms with Crippen molar-refractivity contribution >= 4 is 51.5 Å². The summed E-state index contributed by atoms with van der Waals surface area (Å²) >= 11 is -0.611. The largest absolute Gasteiger partial charge is 0.617 e. The lowest BCUT2D eigenvalue weighted by Crippen LogP contribution is -2.46. The maximum Gasteiger partial charge on any atom is 0.312 e. The average molecular weight is 901 g/mol. The van der Waals surface area contributed by atoms with Gasteiger partial charge in [0.15, 0.2) is 5.75 Å². The molecule has 6 N–H and O–H groups in total. The summed E-state index contributed by atoms with van der Waals surface area (Å²) < 4.78 is 33.2. The molecule has 4 aliphatic heterocycles. The van der Waals surface area contributed by atoms with Crippen LogP contribution in [0.5, 0.6) is 23.0 Å². The van der Waals surface area contributed by atoms with Crippen LogP contribution in [0.15, 0.2) is 41.2 Å². The number of likely N-dealkylation sites (N-methyl/N-ethyl adjacent to an activating group) is 1. The molecule has 2 aromatic carbocycles. The predicted molar refractivity (Wildman–Crippen MR) is 240 cm³/mol. The van der Waals surface area contributed by atoms with Gasteiger partial charge in [-0.25, -0.2) is 0 Å². The van der Waals surface area contributed by atoms with Crippen LogP contribution in [-0.2, 0) is 35.0 Å². The third-order valence-corrected chi connectivity index (χ3v) is 11.9. The minimum Gasteiger partial charge on any atom is -0.617 e. The highest BCUT2D eigenvalue weighted by atomic mass is 32.2. The van der Waals surface area contributed by atoms with Crippen molar-refractivity contribution in [2.24, 2.45) is 28.8 Å². The van der Waals surface area contributed by atoms with Gasteiger partial charge in [-0.2, -0.15) is 5.10 Å². The molecule has 0 spiro atoms. The van der Waals surface area contributed by atoms with Crippen LogP contribution in [0.2, 0.25) is 0 Å². The number of amides is 1. The second-order valence-corrected chi connectivity index (χ2v) is 18.3. The Morgan fingerprint density at radius 2 is 1.59 bits per heavy atom. The molecular weight excluding hydrogens is 837 g/mol. The Bertz CT molecular complexity index is 2130. The van der Waals surface area contributed by atoms with Crippen LogP contribution in [0, 0.1) is 30.6 Å². The van der Waals surface area contributed by atoms with Crippen molar-refractivity contribution in [3.05, 3.63) is 52.8 Å². The van der Waals surface area contributed by atoms with E-state index in [1.807, 2.05) is 7.05 Å². The number of aliphatic hydroxyl groups is 2. The van der Waals surface area contributed by atoms with E-state index < -0.39 is 100.0 Å². The maximum atomic E-state index is 14.4. The molecule has 6 rings (SSSR count). The zero-order chi connectivity index (χ0) is 47.2. The number of carbonyl (C=O) groups is 3. The van der Waals surface area contributed by atoms with Gasteiger partial charge in [-0.1, -0.05) is 57.1 Å². The van der Waals surface area contributed by atoms with Crippen LogP contribution in [0.1, 0.15) is 70.0 Å². The molecule has 63 heavy (non-hydrogen) atoms. The number of nitrogens with zero attached hydrogens (tertiary/aromatic N) is 3. The molecule has 0 radical (unpaired) electrons. The fourth-order valence-corrected chi connectivity index (χ4v) is 7.92. The number of hydrogen-bond donors (Lipinski definition) is 6. The standard InChI is InChI=1S/C43H58N4O12.C2H6OS/c1-21-12-11-13-22(2)42(55)45-33-28(20-44-47-17-15-46(9)16-18-47)37(52)30-31(38(33)53)36(51)26(6)40-32(30)41(54)43(8,59-40)57-19-14-29(56-10)23(3)39(58-27(7)48)25(5)35(50)24(4)34(21)49;1-4(2)3/h11-14,19-21,23-25,29,34-35,39,49-53H,15-18H2,1-10H3,(H,45,55);1-2H3/b12-11+,19-14+,22-13-,44-20+;/t21-,23+,24+,25+,29-,34-,35+,39+,43-;/m0./s1. The van der Waals surface area contributed by atoms with Gasteiger partial charge in [-0.05, 0) is 27.0 Å². The Hall–Kier alpha value is -4.85. The number of methoxy groups -OCH3 is 1. The van der Waals surface area contributed by atoms with Gasteiger partial charge in [0.25, 0.3) is 11.7 Å². The van der Waals surface area contributed by atoms with Crippen LogP contribution in [0.3, 0.4) is 0 Å². The summed E-state index contributed by atoms with van der Waals surface area (Å²) in [5.74, 6) is -8.34. The number of piperazine rings is 1. The molecule has 2 aromatic rings. The highest BCUT2D eigenvalue weighted by Gasteiger charge is 2.50. The average Bonchev–Trinajstić information content (AvgIpc) is 3.49. The molecule has 5 bridgehead atoms. The smallest absolute Gasteiger partial charge is 0.312 e. The lowest BCUT2D eigenvalue weighted by Gasteiger charge is -2.38. The van der Waals surface area contributed by atoms with Crippen LogP contribution in [0.4, 0.5) is 5.69 Å². The van der Waals surface area contributed by atoms with E-state index in [9.17, 15) is 44.5 Å². The van der Waals surface area contributed by atoms with E-state index in [1.165, 1.54) is 59.4 Å². The fraction of sp³-hybridized carbons (Fsp3) is 0.556. The quantitative estimate of drug-likeness (QED) is 0.0823. The fourth-order valence-electron chi connectivity index (χ4n) is 7.92. The van der Waals surface area contributed by atoms with Crippen molar-refractivity contribution in [2.75, 3.05) is 58.2 Å². The van der Waals surface area contributed by atoms with Crippen LogP contribution in [0.25, 0.3) is 10.8 Å². The molecule has 0 aromatic heterocycles. The van der Waals surface area contributed by atoms with Crippen molar-refractivity contribution in [1.29, 1.82) is 0 Å². The minimum absolute atomic E-state index is 0.0559. The zero-order valence-electron chi connectivity index (χ0n) is 38.2. The first kappa shape index (κ1) is 50.8. The van der Waals surface area contributed by atoms with Crippen molar-refractivity contribution < 1.29 is 63.4 Å². The molecule has 9 atom stereocenters. The van der Waals surface area contributed by atoms with E-state index in [2.05, 4.69) is 15.3 Å². The highest BCUT2D eigenvalue weighted by Crippen LogP contribution is 2.55. The summed E-state index contributed by atoms with van der Waals surface area (Å²) in [6.45, 7) is 15.1. The number of hydrazone groups is 1. The van der Waals surface area contributed by atoms with Gasteiger partial charge in [0.1, 0.15) is 23.4 Å². The van der Waals surface area contributed by atoms with Crippen molar-refractivity contribution in [3.8, 4) is 23.0 Å². The Labute approximate surface area is 372 Å². The second kappa shape index (κ2) is 21.2. The summed E-state index contributed by atoms with van der Waals surface area (Å²) in [5.41, 5.74) is -0.350. The number of hydrogen-bond acceptors (Lipinski definition) is 16. The van der Waals surface area contributed by atoms with E-state index in [-0.39, 0.29) is 44.5 Å². The molecule has 4 heterocycles. The number of allylic oxidation sites excluding steroid dienone is 2. The lowest BCUT2D eigenvalue weighted by molar-refractivity contribution is -0.160. The molecule has 0 saturated carbocycles. The molecule has 1 amide bonds. The third-order valence-electron chi connectivity index (χ3n) is 11.9. The summed E-state index contributed by atoms with van der Waals surface area (Å²) in [7, 11) is 3.42. The van der Waals surface area contributed by atoms with Gasteiger partial charge in [-0.3, -0.25) is 19.4 Å². The summed E-state index contributed by atoms with van der Waals surface area (Å²) in [5, 5.41) is 66.8. The number of esters is 1. The van der Waals surface area contributed by atoms with Gasteiger partial charge < -0.3 is 59.2 Å². The Morgan fingerprint density at radius 1 is 0.968 bits per heavy atom. The molecule has 4 aliphatic rings. The number of ketones is 1. The molecule has 0 unspecified atom stereocenters. The Balaban J connectivity index is 0.00000209. The first-order chi connectivity index (χ1) is 29.5. The molecule has 348 valence electrons. The van der Waals surface area contributed by atoms with Crippen molar-refractivity contribution in [2.45, 2.75) is 85.6 Å². The molecule has 17 nitrogen and oxygen atoms in total. The molecule has 18 heteroatoms. The van der Waals surface area contributed by atoms with Gasteiger partial charge in [0.2, 0.25) is 0 Å². The maximum absolute atomic E-state index is 14.4. The number of phenols is 3. The molecule has 1 saturated heterocycles. The SMILES string of the molecule is CO[C@H]1/C=C/O[C@@]2(C)Oc3c(C)c(O)c4c(O)c(c(/C=N/N5CCN(C)CC5)c(O)c4c3C2=O)NC(=O)/C(C)=C\C=C\[C@H](C)[C@H](O)[C@@H](C)[C@@H](O)[C@@H](C)[C@H](OC(C)=O)[C@@H]1C.C[S+](C)[O-]. The number of fused-ring (bicyclic) bond motifs is 14. The number of benzene rings is 2. The predicted octanol–water partition coefficient (Wildman–Crippen LogP) is 4.33. The number of Topliss-reactive ketones (excluding diaryl/α,β-unsaturated/α-hetero) is 1. The number of anilines is 1. The third kappa shape index (κ3) is 11.3. The second-order valence-electron chi connectivity index (χ2n) is 16.9. The zero-order valence-corrected chi connectivity index (χ0v) is 39.0. The molecule has 0 aliphatic carbocycles. The summed E-state index contributed by atoms with van der Waals surface area (Å²) in [6, 6.07) is 0. The van der Waals surface area contributed by atoms with E-state index >= 15 is 0 Å². The highest BCUT2D eigenvalue weighted by molar-refractivity contribution is 7.89. The number of phenolic OH excluding ortho intramolecular Hbond substituents is 3. The van der Waals surface area contributed by atoms with Gasteiger partial charge in [0.05, 0.1) is 65.5 Å². The van der Waals surface area contributed by atoms with Crippen LogP contribution in [-0.4, -0.2) is 147 Å². The monoisotopic (exact) mass is 900 g/mol. The van der Waals surface area contributed by atoms with E-state index in [4.69, 9.17) is 18.9 Å². The van der Waals surface area contributed by atoms with Crippen LogP contribution < -0.4 is 10.1 Å². The summed E-state index contributed by atoms with van der Waals surface area (Å²) in [6.07, 6.45) is 8.14. The number of carbonyl (C=O) groups excluding carboxylic acids is 3. The topological polar surface area (TPSA) is 243 Å². The van der Waals surface area contributed by atoms with Crippen molar-refractivity contribution in [1.82, 2.24) is 9.91 Å². The first-order valence-corrected chi connectivity index (χ1v) is 22.7. The van der Waals surface area contributed by atoms with Gasteiger partial charge in [0, 0.05) is 87.3 Å². The molecular formula is C45H64N4O13S. The van der Waals surface area contributed by atoms with E-state index in [1.54, 1.807) is 57.4 Å². The van der Waals surface area contributed by atoms with Crippen LogP contribution >= 0.6 is 0 Å². The number of aromatic hydroxyl groups is 3. The number of nitrogens with one attached hydrogen (secondary N) is 1. The van der Waals surface area contributed by atoms with E-state index in [0.29, 0.717) is 13.1 Å². The Kier molecular flexibility index (Phi) is 17.1. The first-order valence-electron chi connectivity index (χ1n) is 20.8. The Morgan fingerprint density at radius 3 is 2.17 bits per heavy atom. The van der Waals surface area contributed by atoms with Gasteiger partial charge in [-0.15, -0.1) is 0 Å². The van der Waals surface area contributed by atoms with Gasteiger partial charge >= 0.3 is 11.8 Å².